The second-order valence-corrected chi connectivity index (χ2v) is 8.19. The number of hydrogen-bond acceptors (Lipinski definition) is 7. The zero-order chi connectivity index (χ0) is 24.8. The van der Waals surface area contributed by atoms with E-state index in [2.05, 4.69) is 20.6 Å². The molecule has 3 aromatic rings. The Balaban J connectivity index is 1.78. The monoisotopic (exact) mass is 460 g/mol. The number of nitrogens with two attached hydrogens (primary N) is 1. The highest BCUT2D eigenvalue weighted by molar-refractivity contribution is 6.48. The summed E-state index contributed by atoms with van der Waals surface area (Å²) in [6.45, 7) is 0.683. The van der Waals surface area contributed by atoms with Crippen LogP contribution in [0, 0.1) is 5.41 Å². The molecular weight excluding hydrogens is 432 g/mol. The van der Waals surface area contributed by atoms with Crippen LogP contribution in [0.2, 0.25) is 0 Å². The van der Waals surface area contributed by atoms with Gasteiger partial charge in [-0.3, -0.25) is 20.2 Å². The molecule has 10 nitrogen and oxygen atoms in total. The zero-order valence-electron chi connectivity index (χ0n) is 19.6. The van der Waals surface area contributed by atoms with Crippen LogP contribution in [0.3, 0.4) is 0 Å². The van der Waals surface area contributed by atoms with Crippen LogP contribution in [-0.4, -0.2) is 65.6 Å². The van der Waals surface area contributed by atoms with E-state index in [4.69, 9.17) is 11.1 Å². The summed E-state index contributed by atoms with van der Waals surface area (Å²) in [5.74, 6) is -0.601. The molecule has 10 heteroatoms. The van der Waals surface area contributed by atoms with Gasteiger partial charge in [0, 0.05) is 43.7 Å². The van der Waals surface area contributed by atoms with Gasteiger partial charge in [0.1, 0.15) is 5.71 Å². The maximum absolute atomic E-state index is 12.7. The maximum Gasteiger partial charge on any atom is 0.321 e. The second kappa shape index (κ2) is 10.5. The lowest BCUT2D eigenvalue weighted by Crippen LogP contribution is -2.27. The van der Waals surface area contributed by atoms with Gasteiger partial charge in [-0.1, -0.05) is 6.07 Å². The number of amides is 3. The van der Waals surface area contributed by atoms with Crippen molar-refractivity contribution in [2.75, 3.05) is 44.6 Å². The molecule has 2 heterocycles. The molecular formula is C24H28N8O2. The van der Waals surface area contributed by atoms with E-state index in [0.29, 0.717) is 34.7 Å². The lowest BCUT2D eigenvalue weighted by atomic mass is 10.00. The normalized spacial score (nSPS) is 10.6. The molecule has 0 fully saturated rings. The van der Waals surface area contributed by atoms with Gasteiger partial charge >= 0.3 is 6.03 Å². The highest BCUT2D eigenvalue weighted by atomic mass is 16.2. The van der Waals surface area contributed by atoms with Crippen LogP contribution in [0.1, 0.15) is 11.3 Å². The number of rotatable bonds is 7. The first-order chi connectivity index (χ1) is 16.1. The van der Waals surface area contributed by atoms with Crippen LogP contribution in [0.15, 0.2) is 55.0 Å². The van der Waals surface area contributed by atoms with Crippen molar-refractivity contribution in [1.29, 1.82) is 5.41 Å². The summed E-state index contributed by atoms with van der Waals surface area (Å²) < 4.78 is 0. The third kappa shape index (κ3) is 6.14. The fourth-order valence-corrected chi connectivity index (χ4v) is 3.09. The van der Waals surface area contributed by atoms with Gasteiger partial charge < -0.3 is 26.2 Å². The Kier molecular flexibility index (Phi) is 7.54. The second-order valence-electron chi connectivity index (χ2n) is 8.19. The molecule has 0 radical (unpaired) electrons. The third-order valence-corrected chi connectivity index (χ3v) is 4.84. The van der Waals surface area contributed by atoms with Crippen molar-refractivity contribution in [3.05, 3.63) is 66.2 Å². The molecule has 0 saturated carbocycles. The summed E-state index contributed by atoms with van der Waals surface area (Å²) in [7, 11) is 7.18. The van der Waals surface area contributed by atoms with Crippen molar-refractivity contribution in [3.63, 3.8) is 0 Å². The predicted octanol–water partition coefficient (Wildman–Crippen LogP) is 2.89. The number of benzene rings is 1. The summed E-state index contributed by atoms with van der Waals surface area (Å²) in [4.78, 5) is 36.6. The molecule has 3 amide bonds. The van der Waals surface area contributed by atoms with Crippen molar-refractivity contribution in [2.24, 2.45) is 0 Å². The Labute approximate surface area is 198 Å². The van der Waals surface area contributed by atoms with E-state index in [1.54, 1.807) is 56.8 Å². The third-order valence-electron chi connectivity index (χ3n) is 4.84. The molecule has 0 spiro atoms. The highest BCUT2D eigenvalue weighted by Crippen LogP contribution is 2.26. The minimum atomic E-state index is -0.601. The van der Waals surface area contributed by atoms with Crippen LogP contribution in [0.5, 0.6) is 0 Å². The Hall–Kier alpha value is -4.31. The van der Waals surface area contributed by atoms with Gasteiger partial charge in [-0.2, -0.15) is 0 Å². The number of urea groups is 1. The van der Waals surface area contributed by atoms with Crippen molar-refractivity contribution < 1.29 is 9.59 Å². The maximum atomic E-state index is 12.7. The molecule has 0 saturated heterocycles. The number of hydrogen-bond donors (Lipinski definition) is 4. The Morgan fingerprint density at radius 1 is 0.941 bits per heavy atom. The van der Waals surface area contributed by atoms with Crippen molar-refractivity contribution in [3.8, 4) is 11.1 Å². The largest absolute Gasteiger partial charge is 0.398 e. The molecule has 5 N–H and O–H groups in total. The average molecular weight is 461 g/mol. The van der Waals surface area contributed by atoms with Crippen molar-refractivity contribution >= 4 is 34.7 Å². The van der Waals surface area contributed by atoms with Gasteiger partial charge in [0.2, 0.25) is 0 Å². The van der Waals surface area contributed by atoms with E-state index in [0.717, 1.165) is 5.69 Å². The summed E-state index contributed by atoms with van der Waals surface area (Å²) in [5, 5.41) is 13.8. The topological polar surface area (TPSA) is 140 Å². The molecule has 0 bridgehead atoms. The molecule has 176 valence electrons. The number of nitrogens with one attached hydrogen (secondary N) is 3. The summed E-state index contributed by atoms with van der Waals surface area (Å²) >= 11 is 0. The lowest BCUT2D eigenvalue weighted by molar-refractivity contribution is -0.110. The molecule has 3 rings (SSSR count). The number of nitrogens with zero attached hydrogens (tertiary/aromatic N) is 4. The van der Waals surface area contributed by atoms with E-state index < -0.39 is 5.91 Å². The molecule has 0 atom stereocenters. The van der Waals surface area contributed by atoms with Crippen molar-refractivity contribution in [2.45, 2.75) is 6.54 Å². The average Bonchev–Trinajstić information content (AvgIpc) is 2.80. The molecule has 2 aromatic heterocycles. The van der Waals surface area contributed by atoms with E-state index in [9.17, 15) is 9.59 Å². The van der Waals surface area contributed by atoms with Gasteiger partial charge in [-0.15, -0.1) is 0 Å². The van der Waals surface area contributed by atoms with E-state index in [1.807, 2.05) is 25.1 Å². The highest BCUT2D eigenvalue weighted by Gasteiger charge is 2.17. The summed E-state index contributed by atoms with van der Waals surface area (Å²) in [6, 6.07) is 10.1. The molecule has 0 aliphatic heterocycles. The first-order valence-corrected chi connectivity index (χ1v) is 10.5. The zero-order valence-corrected chi connectivity index (χ0v) is 19.6. The fraction of sp³-hybridized carbons (Fsp3) is 0.208. The van der Waals surface area contributed by atoms with Gasteiger partial charge in [0.15, 0.2) is 0 Å². The van der Waals surface area contributed by atoms with Gasteiger partial charge in [0.25, 0.3) is 5.91 Å². The van der Waals surface area contributed by atoms with Gasteiger partial charge in [-0.25, -0.2) is 4.79 Å². The Morgan fingerprint density at radius 3 is 2.35 bits per heavy atom. The van der Waals surface area contributed by atoms with Crippen molar-refractivity contribution in [1.82, 2.24) is 19.8 Å². The summed E-state index contributed by atoms with van der Waals surface area (Å²) in [6.07, 6.45) is 4.73. The molecule has 0 aliphatic rings. The fourth-order valence-electron chi connectivity index (χ4n) is 3.09. The van der Waals surface area contributed by atoms with Crippen LogP contribution >= 0.6 is 0 Å². The molecule has 0 aliphatic carbocycles. The van der Waals surface area contributed by atoms with Gasteiger partial charge in [-0.05, 0) is 50.0 Å². The minimum absolute atomic E-state index is 0.276. The molecule has 34 heavy (non-hydrogen) atoms. The number of carbonyl (C=O) groups is 2. The molecule has 0 unspecified atom stereocenters. The minimum Gasteiger partial charge on any atom is -0.398 e. The number of aromatic nitrogens is 2. The molecule has 1 aromatic carbocycles. The van der Waals surface area contributed by atoms with E-state index >= 15 is 0 Å². The first kappa shape index (κ1) is 24.3. The van der Waals surface area contributed by atoms with Gasteiger partial charge in [0.05, 0.1) is 29.5 Å². The number of pyridine rings is 2. The summed E-state index contributed by atoms with van der Waals surface area (Å²) in [5.41, 5.74) is 9.66. The van der Waals surface area contributed by atoms with Crippen LogP contribution < -0.4 is 16.4 Å². The first-order valence-electron chi connectivity index (χ1n) is 10.5. The standard InChI is InChI=1S/C24H28N8O2/c1-31(2)14-18-7-6-17(13-28-18)29-23(33)22(26)20-10-15(5-8-21(20)25)16-9-19(12-27-11-16)30-24(34)32(3)4/h5-13,26H,14,25H2,1-4H3,(H,29,33)(H,30,34). The van der Waals surface area contributed by atoms with Crippen LogP contribution in [0.4, 0.5) is 21.9 Å². The van der Waals surface area contributed by atoms with Crippen LogP contribution in [0.25, 0.3) is 11.1 Å². The van der Waals surface area contributed by atoms with E-state index in [-0.39, 0.29) is 17.3 Å². The SMILES string of the molecule is CN(C)Cc1ccc(NC(=O)C(=N)c2cc(-c3cncc(NC(=O)N(C)C)c3)ccc2N)cn1. The number of anilines is 3. The van der Waals surface area contributed by atoms with E-state index in [1.165, 1.54) is 11.1 Å². The smallest absolute Gasteiger partial charge is 0.321 e. The Morgan fingerprint density at radius 2 is 1.71 bits per heavy atom. The number of nitrogen functional groups attached to an aromatic ring is 1. The quantitative estimate of drug-likeness (QED) is 0.316. The number of carbonyl (C=O) groups excluding carboxylic acids is 2. The van der Waals surface area contributed by atoms with Crippen LogP contribution in [-0.2, 0) is 11.3 Å². The Bertz CT molecular complexity index is 1210. The lowest BCUT2D eigenvalue weighted by Gasteiger charge is -2.13. The predicted molar refractivity (Wildman–Crippen MR) is 134 cm³/mol.